The van der Waals surface area contributed by atoms with E-state index >= 15 is 0 Å². The van der Waals surface area contributed by atoms with Gasteiger partial charge in [-0.25, -0.2) is 0 Å². The first-order chi connectivity index (χ1) is 6.24. The molecular weight excluding hydrogens is 160 g/mol. The second kappa shape index (κ2) is 3.94. The van der Waals surface area contributed by atoms with E-state index in [4.69, 9.17) is 0 Å². The number of benzene rings is 1. The Hall–Kier alpha value is -1.50. The fourth-order valence-electron chi connectivity index (χ4n) is 1.45. The Bertz CT molecular complexity index is 427. The molecule has 0 bridgehead atoms. The first kappa shape index (κ1) is 9.59. The van der Waals surface area contributed by atoms with Crippen molar-refractivity contribution in [2.24, 2.45) is 0 Å². The molecule has 1 aromatic carbocycles. The van der Waals surface area contributed by atoms with Crippen LogP contribution in [0.3, 0.4) is 0 Å². The molecule has 0 saturated carbocycles. The largest absolute Gasteiger partial charge is 0.507 e. The maximum Gasteiger partial charge on any atom is 0.123 e. The third-order valence-corrected chi connectivity index (χ3v) is 2.10. The van der Waals surface area contributed by atoms with Gasteiger partial charge < -0.3 is 5.11 Å². The summed E-state index contributed by atoms with van der Waals surface area (Å²) in [6, 6.07) is 3.56. The van der Waals surface area contributed by atoms with Crippen molar-refractivity contribution in [1.29, 1.82) is 0 Å². The Kier molecular flexibility index (Phi) is 2.91. The average molecular weight is 174 g/mol. The molecule has 1 aromatic rings. The van der Waals surface area contributed by atoms with Crippen molar-refractivity contribution >= 4 is 18.2 Å². The van der Waals surface area contributed by atoms with E-state index in [1.54, 1.807) is 12.1 Å². The Morgan fingerprint density at radius 3 is 2.23 bits per heavy atom. The smallest absolute Gasteiger partial charge is 0.123 e. The summed E-state index contributed by atoms with van der Waals surface area (Å²) in [6.45, 7) is 7.59. The van der Waals surface area contributed by atoms with Gasteiger partial charge in [-0.05, 0) is 30.7 Å². The van der Waals surface area contributed by atoms with E-state index in [-0.39, 0.29) is 0 Å². The highest BCUT2D eigenvalue weighted by Gasteiger charge is 1.95. The minimum Gasteiger partial charge on any atom is -0.507 e. The van der Waals surface area contributed by atoms with Crippen LogP contribution in [0.15, 0.2) is 18.7 Å². The lowest BCUT2D eigenvalue weighted by Gasteiger charge is -1.99. The van der Waals surface area contributed by atoms with Crippen molar-refractivity contribution in [1.82, 2.24) is 0 Å². The molecule has 0 radical (unpaired) electrons. The lowest BCUT2D eigenvalue weighted by atomic mass is 10.1. The maximum atomic E-state index is 9.56. The SMILES string of the molecule is C=Cc1ccc(O)c(=C/C)/c1=C\C. The van der Waals surface area contributed by atoms with Crippen molar-refractivity contribution < 1.29 is 5.11 Å². The third kappa shape index (κ3) is 1.64. The van der Waals surface area contributed by atoms with Crippen LogP contribution in [0.2, 0.25) is 0 Å². The molecular formula is C12H14O. The Morgan fingerprint density at radius 2 is 1.77 bits per heavy atom. The van der Waals surface area contributed by atoms with Gasteiger partial charge in [0.1, 0.15) is 5.75 Å². The molecule has 0 aromatic heterocycles. The lowest BCUT2D eigenvalue weighted by Crippen LogP contribution is -2.26. The predicted molar refractivity (Wildman–Crippen MR) is 57.7 cm³/mol. The Balaban J connectivity index is 3.78. The van der Waals surface area contributed by atoms with Crippen molar-refractivity contribution in [2.75, 3.05) is 0 Å². The second-order valence-electron chi connectivity index (χ2n) is 2.78. The zero-order valence-electron chi connectivity index (χ0n) is 8.04. The number of rotatable bonds is 1. The first-order valence-corrected chi connectivity index (χ1v) is 4.31. The van der Waals surface area contributed by atoms with E-state index in [0.29, 0.717) is 5.75 Å². The van der Waals surface area contributed by atoms with Crippen LogP contribution in [0, 0.1) is 0 Å². The van der Waals surface area contributed by atoms with Crippen molar-refractivity contribution in [2.45, 2.75) is 13.8 Å². The van der Waals surface area contributed by atoms with Crippen LogP contribution in [0.5, 0.6) is 5.75 Å². The molecule has 0 heterocycles. The van der Waals surface area contributed by atoms with Crippen molar-refractivity contribution in [3.8, 4) is 5.75 Å². The highest BCUT2D eigenvalue weighted by Crippen LogP contribution is 2.00. The average Bonchev–Trinajstić information content (AvgIpc) is 2.17. The second-order valence-corrected chi connectivity index (χ2v) is 2.78. The normalized spacial score (nSPS) is 13.4. The predicted octanol–water partition coefficient (Wildman–Crippen LogP) is 1.64. The van der Waals surface area contributed by atoms with Crippen LogP contribution in [-0.2, 0) is 0 Å². The van der Waals surface area contributed by atoms with E-state index in [0.717, 1.165) is 16.0 Å². The van der Waals surface area contributed by atoms with Gasteiger partial charge in [-0.1, -0.05) is 30.9 Å². The van der Waals surface area contributed by atoms with E-state index in [2.05, 4.69) is 6.58 Å². The summed E-state index contributed by atoms with van der Waals surface area (Å²) in [5, 5.41) is 11.5. The van der Waals surface area contributed by atoms with Gasteiger partial charge in [0.05, 0.1) is 0 Å². The molecule has 1 N–H and O–H groups in total. The summed E-state index contributed by atoms with van der Waals surface area (Å²) in [5.74, 6) is 0.321. The maximum absolute atomic E-state index is 9.56. The van der Waals surface area contributed by atoms with Gasteiger partial charge in [0.2, 0.25) is 0 Å². The van der Waals surface area contributed by atoms with Gasteiger partial charge >= 0.3 is 0 Å². The number of phenolic OH excluding ortho intramolecular Hbond substituents is 1. The molecule has 0 aliphatic carbocycles. The van der Waals surface area contributed by atoms with E-state index in [9.17, 15) is 5.11 Å². The van der Waals surface area contributed by atoms with E-state index < -0.39 is 0 Å². The lowest BCUT2D eigenvalue weighted by molar-refractivity contribution is 0.470. The standard InChI is InChI=1S/C12H14O/c1-4-9-7-8-12(13)11(6-3)10(9)5-2/h4-8,13H,1H2,2-3H3/b10-5-,11-6+. The summed E-state index contributed by atoms with van der Waals surface area (Å²) >= 11 is 0. The van der Waals surface area contributed by atoms with Gasteiger partial charge in [0, 0.05) is 5.22 Å². The molecule has 1 heteroatoms. The van der Waals surface area contributed by atoms with Gasteiger partial charge in [0.25, 0.3) is 0 Å². The van der Waals surface area contributed by atoms with Crippen molar-refractivity contribution in [3.05, 3.63) is 34.7 Å². The first-order valence-electron chi connectivity index (χ1n) is 4.31. The minimum absolute atomic E-state index is 0.321. The Morgan fingerprint density at radius 1 is 1.15 bits per heavy atom. The zero-order chi connectivity index (χ0) is 9.84. The van der Waals surface area contributed by atoms with Gasteiger partial charge in [-0.15, -0.1) is 0 Å². The fourth-order valence-corrected chi connectivity index (χ4v) is 1.45. The third-order valence-electron chi connectivity index (χ3n) is 2.10. The number of hydrogen-bond donors (Lipinski definition) is 1. The monoisotopic (exact) mass is 174 g/mol. The topological polar surface area (TPSA) is 20.2 Å². The van der Waals surface area contributed by atoms with Gasteiger partial charge in [0.15, 0.2) is 0 Å². The van der Waals surface area contributed by atoms with Crippen molar-refractivity contribution in [3.63, 3.8) is 0 Å². The highest BCUT2D eigenvalue weighted by atomic mass is 16.3. The molecule has 0 spiro atoms. The van der Waals surface area contributed by atoms with Crippen LogP contribution in [0.4, 0.5) is 0 Å². The van der Waals surface area contributed by atoms with E-state index in [1.165, 1.54) is 0 Å². The molecule has 1 rings (SSSR count). The van der Waals surface area contributed by atoms with Crippen LogP contribution in [0.25, 0.3) is 18.2 Å². The molecule has 0 unspecified atom stereocenters. The van der Waals surface area contributed by atoms with E-state index in [1.807, 2.05) is 32.1 Å². The highest BCUT2D eigenvalue weighted by molar-refractivity contribution is 5.53. The quantitative estimate of drug-likeness (QED) is 0.686. The summed E-state index contributed by atoms with van der Waals surface area (Å²) in [4.78, 5) is 0. The summed E-state index contributed by atoms with van der Waals surface area (Å²) in [6.07, 6.45) is 5.67. The molecule has 0 saturated heterocycles. The fraction of sp³-hybridized carbons (Fsp3) is 0.167. The summed E-state index contributed by atoms with van der Waals surface area (Å²) in [7, 11) is 0. The Labute approximate surface area is 78.3 Å². The van der Waals surface area contributed by atoms with Crippen LogP contribution >= 0.6 is 0 Å². The number of phenols is 1. The number of hydrogen-bond acceptors (Lipinski definition) is 1. The molecule has 0 atom stereocenters. The van der Waals surface area contributed by atoms with Crippen LogP contribution in [0.1, 0.15) is 19.4 Å². The summed E-state index contributed by atoms with van der Waals surface area (Å²) < 4.78 is 0. The molecule has 1 nitrogen and oxygen atoms in total. The molecule has 0 aliphatic rings. The molecule has 0 aliphatic heterocycles. The van der Waals surface area contributed by atoms with Crippen LogP contribution < -0.4 is 10.4 Å². The molecule has 0 amide bonds. The van der Waals surface area contributed by atoms with Crippen LogP contribution in [-0.4, -0.2) is 5.11 Å². The summed E-state index contributed by atoms with van der Waals surface area (Å²) in [5.41, 5.74) is 1.05. The molecule has 0 fully saturated rings. The zero-order valence-corrected chi connectivity index (χ0v) is 8.04. The molecule has 68 valence electrons. The number of aromatic hydroxyl groups is 1. The van der Waals surface area contributed by atoms with Gasteiger partial charge in [-0.2, -0.15) is 0 Å². The minimum atomic E-state index is 0.321. The van der Waals surface area contributed by atoms with Gasteiger partial charge in [-0.3, -0.25) is 0 Å². The molecule has 13 heavy (non-hydrogen) atoms.